The first kappa shape index (κ1) is 18.3. The Hall–Kier alpha value is -3.11. The van der Waals surface area contributed by atoms with E-state index in [0.29, 0.717) is 28.4 Å². The van der Waals surface area contributed by atoms with E-state index in [2.05, 4.69) is 5.32 Å². The number of nitrogens with zero attached hydrogens (tertiary/aromatic N) is 1. The SMILES string of the molecule is O=C(Nc1ccc2c(c1)N(C(=O)c1ccccc1)CCC2)c1cccc(Cl)c1. The first-order chi connectivity index (χ1) is 13.6. The molecule has 3 aromatic carbocycles. The van der Waals surface area contributed by atoms with Crippen LogP contribution in [-0.2, 0) is 6.42 Å². The van der Waals surface area contributed by atoms with Crippen molar-refractivity contribution in [3.8, 4) is 0 Å². The zero-order chi connectivity index (χ0) is 19.5. The van der Waals surface area contributed by atoms with Crippen molar-refractivity contribution in [2.45, 2.75) is 12.8 Å². The summed E-state index contributed by atoms with van der Waals surface area (Å²) < 4.78 is 0. The molecule has 140 valence electrons. The van der Waals surface area contributed by atoms with Crippen LogP contribution in [0.3, 0.4) is 0 Å². The number of hydrogen-bond donors (Lipinski definition) is 1. The Kier molecular flexibility index (Phi) is 5.13. The van der Waals surface area contributed by atoms with Crippen molar-refractivity contribution in [2.75, 3.05) is 16.8 Å². The molecular weight excluding hydrogens is 372 g/mol. The van der Waals surface area contributed by atoms with E-state index in [-0.39, 0.29) is 11.8 Å². The van der Waals surface area contributed by atoms with Crippen LogP contribution in [0.1, 0.15) is 32.7 Å². The van der Waals surface area contributed by atoms with Gasteiger partial charge in [-0.25, -0.2) is 0 Å². The van der Waals surface area contributed by atoms with Crippen molar-refractivity contribution in [1.82, 2.24) is 0 Å². The Labute approximate surface area is 168 Å². The van der Waals surface area contributed by atoms with Crippen molar-refractivity contribution >= 4 is 34.8 Å². The summed E-state index contributed by atoms with van der Waals surface area (Å²) in [6, 6.07) is 21.8. The minimum Gasteiger partial charge on any atom is -0.322 e. The van der Waals surface area contributed by atoms with Gasteiger partial charge in [0, 0.05) is 34.1 Å². The molecule has 0 aromatic heterocycles. The van der Waals surface area contributed by atoms with E-state index < -0.39 is 0 Å². The molecule has 2 amide bonds. The van der Waals surface area contributed by atoms with Gasteiger partial charge in [-0.15, -0.1) is 0 Å². The third kappa shape index (κ3) is 3.78. The highest BCUT2D eigenvalue weighted by Crippen LogP contribution is 2.31. The van der Waals surface area contributed by atoms with E-state index in [4.69, 9.17) is 11.6 Å². The number of fused-ring (bicyclic) bond motifs is 1. The van der Waals surface area contributed by atoms with Gasteiger partial charge in [-0.05, 0) is 60.9 Å². The Morgan fingerprint density at radius 1 is 0.893 bits per heavy atom. The molecule has 0 radical (unpaired) electrons. The minimum absolute atomic E-state index is 0.0279. The highest BCUT2D eigenvalue weighted by molar-refractivity contribution is 6.31. The Bertz CT molecular complexity index is 1030. The van der Waals surface area contributed by atoms with E-state index in [1.165, 1.54) is 0 Å². The van der Waals surface area contributed by atoms with Crippen molar-refractivity contribution in [3.63, 3.8) is 0 Å². The maximum absolute atomic E-state index is 13.0. The number of rotatable bonds is 3. The van der Waals surface area contributed by atoms with Gasteiger partial charge >= 0.3 is 0 Å². The van der Waals surface area contributed by atoms with E-state index in [9.17, 15) is 9.59 Å². The molecule has 3 aromatic rings. The number of hydrogen-bond acceptors (Lipinski definition) is 2. The zero-order valence-electron chi connectivity index (χ0n) is 15.2. The highest BCUT2D eigenvalue weighted by Gasteiger charge is 2.24. The summed E-state index contributed by atoms with van der Waals surface area (Å²) in [6.45, 7) is 0.659. The van der Waals surface area contributed by atoms with Gasteiger partial charge in [0.15, 0.2) is 0 Å². The molecule has 0 aliphatic carbocycles. The standard InChI is InChI=1S/C23H19ClN2O2/c24-19-10-4-8-18(14-19)22(27)25-20-12-11-16-9-5-13-26(21(16)15-20)23(28)17-6-2-1-3-7-17/h1-4,6-8,10-12,14-15H,5,9,13H2,(H,25,27). The summed E-state index contributed by atoms with van der Waals surface area (Å²) >= 11 is 5.97. The second-order valence-electron chi connectivity index (χ2n) is 6.73. The van der Waals surface area contributed by atoms with Crippen molar-refractivity contribution < 1.29 is 9.59 Å². The normalized spacial score (nSPS) is 13.0. The van der Waals surface area contributed by atoms with Crippen molar-refractivity contribution in [1.29, 1.82) is 0 Å². The van der Waals surface area contributed by atoms with Crippen LogP contribution >= 0.6 is 11.6 Å². The number of amides is 2. The van der Waals surface area contributed by atoms with Crippen LogP contribution in [0.25, 0.3) is 0 Å². The number of carbonyl (C=O) groups excluding carboxylic acids is 2. The van der Waals surface area contributed by atoms with Gasteiger partial charge in [-0.3, -0.25) is 9.59 Å². The minimum atomic E-state index is -0.237. The lowest BCUT2D eigenvalue weighted by atomic mass is 10.00. The molecular formula is C23H19ClN2O2. The molecule has 0 saturated heterocycles. The third-order valence-corrected chi connectivity index (χ3v) is 5.05. The molecule has 28 heavy (non-hydrogen) atoms. The third-order valence-electron chi connectivity index (χ3n) is 4.81. The maximum Gasteiger partial charge on any atom is 0.258 e. The quantitative estimate of drug-likeness (QED) is 0.669. The Morgan fingerprint density at radius 2 is 1.68 bits per heavy atom. The van der Waals surface area contributed by atoms with Gasteiger partial charge in [-0.1, -0.05) is 41.9 Å². The van der Waals surface area contributed by atoms with Crippen LogP contribution in [0.15, 0.2) is 72.8 Å². The summed E-state index contributed by atoms with van der Waals surface area (Å²) in [4.78, 5) is 27.3. The summed E-state index contributed by atoms with van der Waals surface area (Å²) in [5.74, 6) is -0.265. The van der Waals surface area contributed by atoms with Gasteiger partial charge in [0.2, 0.25) is 0 Å². The fourth-order valence-electron chi connectivity index (χ4n) is 3.43. The average Bonchev–Trinajstić information content (AvgIpc) is 2.73. The van der Waals surface area contributed by atoms with Crippen LogP contribution in [0.4, 0.5) is 11.4 Å². The molecule has 0 bridgehead atoms. The first-order valence-corrected chi connectivity index (χ1v) is 9.56. The number of halogens is 1. The van der Waals surface area contributed by atoms with Gasteiger partial charge in [0.05, 0.1) is 0 Å². The fraction of sp³-hybridized carbons (Fsp3) is 0.130. The van der Waals surface area contributed by atoms with E-state index >= 15 is 0 Å². The van der Waals surface area contributed by atoms with Crippen molar-refractivity contribution in [2.24, 2.45) is 0 Å². The number of carbonyl (C=O) groups is 2. The number of nitrogens with one attached hydrogen (secondary N) is 1. The lowest BCUT2D eigenvalue weighted by Gasteiger charge is -2.30. The zero-order valence-corrected chi connectivity index (χ0v) is 15.9. The molecule has 0 atom stereocenters. The molecule has 0 saturated carbocycles. The van der Waals surface area contributed by atoms with E-state index in [0.717, 1.165) is 24.1 Å². The van der Waals surface area contributed by atoms with Crippen LogP contribution in [-0.4, -0.2) is 18.4 Å². The largest absolute Gasteiger partial charge is 0.322 e. The lowest BCUT2D eigenvalue weighted by Crippen LogP contribution is -2.35. The molecule has 1 aliphatic rings. The van der Waals surface area contributed by atoms with Crippen LogP contribution in [0.2, 0.25) is 5.02 Å². The smallest absolute Gasteiger partial charge is 0.258 e. The Balaban J connectivity index is 1.61. The van der Waals surface area contributed by atoms with Crippen molar-refractivity contribution in [3.05, 3.63) is 94.5 Å². The predicted octanol–water partition coefficient (Wildman–Crippen LogP) is 5.19. The van der Waals surface area contributed by atoms with Gasteiger partial charge in [0.25, 0.3) is 11.8 Å². The van der Waals surface area contributed by atoms with Gasteiger partial charge in [-0.2, -0.15) is 0 Å². The molecule has 1 aliphatic heterocycles. The van der Waals surface area contributed by atoms with E-state index in [1.54, 1.807) is 29.2 Å². The molecule has 4 nitrogen and oxygen atoms in total. The second kappa shape index (κ2) is 7.87. The lowest BCUT2D eigenvalue weighted by molar-refractivity contribution is 0.0984. The number of anilines is 2. The predicted molar refractivity (Wildman–Crippen MR) is 112 cm³/mol. The average molecular weight is 391 g/mol. The number of aryl methyl sites for hydroxylation is 1. The molecule has 0 unspecified atom stereocenters. The summed E-state index contributed by atoms with van der Waals surface area (Å²) in [7, 11) is 0. The monoisotopic (exact) mass is 390 g/mol. The van der Waals surface area contributed by atoms with Crippen LogP contribution in [0.5, 0.6) is 0 Å². The van der Waals surface area contributed by atoms with Crippen LogP contribution < -0.4 is 10.2 Å². The topological polar surface area (TPSA) is 49.4 Å². The summed E-state index contributed by atoms with van der Waals surface area (Å²) in [5, 5.41) is 3.41. The van der Waals surface area contributed by atoms with E-state index in [1.807, 2.05) is 48.5 Å². The molecule has 1 N–H and O–H groups in total. The molecule has 0 fully saturated rings. The molecule has 1 heterocycles. The summed E-state index contributed by atoms with van der Waals surface area (Å²) in [5.41, 5.74) is 3.75. The highest BCUT2D eigenvalue weighted by atomic mass is 35.5. The number of benzene rings is 3. The molecule has 0 spiro atoms. The summed E-state index contributed by atoms with van der Waals surface area (Å²) in [6.07, 6.45) is 1.83. The Morgan fingerprint density at radius 3 is 2.46 bits per heavy atom. The van der Waals surface area contributed by atoms with Gasteiger partial charge in [0.1, 0.15) is 0 Å². The fourth-order valence-corrected chi connectivity index (χ4v) is 3.62. The molecule has 4 rings (SSSR count). The van der Waals surface area contributed by atoms with Gasteiger partial charge < -0.3 is 10.2 Å². The maximum atomic E-state index is 13.0. The first-order valence-electron chi connectivity index (χ1n) is 9.18. The van der Waals surface area contributed by atoms with Crippen LogP contribution in [0, 0.1) is 0 Å². The molecule has 5 heteroatoms. The second-order valence-corrected chi connectivity index (χ2v) is 7.17.